The Labute approximate surface area is 207 Å². The molecular formula is C24H29ClFN5O4. The van der Waals surface area contributed by atoms with E-state index in [1.54, 1.807) is 31.4 Å². The van der Waals surface area contributed by atoms with Crippen LogP contribution in [0.1, 0.15) is 67.5 Å². The minimum atomic E-state index is -1.88. The maximum absolute atomic E-state index is 15.4. The number of nitrogens with two attached hydrogens (primary N) is 1. The second-order valence-corrected chi connectivity index (χ2v) is 9.70. The number of anilines is 1. The fourth-order valence-corrected chi connectivity index (χ4v) is 4.79. The summed E-state index contributed by atoms with van der Waals surface area (Å²) in [5.74, 6) is -1.54. The van der Waals surface area contributed by atoms with Gasteiger partial charge in [0.25, 0.3) is 5.91 Å². The molecule has 4 rings (SSSR count). The Morgan fingerprint density at radius 1 is 1.43 bits per heavy atom. The zero-order chi connectivity index (χ0) is 25.7. The number of rotatable bonds is 6. The number of amides is 1. The molecule has 0 radical (unpaired) electrons. The number of benzene rings is 1. The van der Waals surface area contributed by atoms with Crippen LogP contribution in [0, 0.1) is 12.7 Å². The van der Waals surface area contributed by atoms with Crippen molar-refractivity contribution in [2.45, 2.75) is 70.8 Å². The molecule has 2 heterocycles. The number of halogens is 2. The molecule has 1 aliphatic carbocycles. The molecule has 1 aliphatic rings. The van der Waals surface area contributed by atoms with Gasteiger partial charge < -0.3 is 26.0 Å². The number of ether oxygens (including phenoxy) is 1. The number of carbonyl (C=O) groups excluding carboxylic acids is 1. The Hall–Kier alpha value is -2.95. The molecule has 0 bridgehead atoms. The molecule has 1 aromatic carbocycles. The van der Waals surface area contributed by atoms with Crippen LogP contribution in [0.15, 0.2) is 18.5 Å². The average Bonchev–Trinajstić information content (AvgIpc) is 3.34. The molecule has 1 fully saturated rings. The van der Waals surface area contributed by atoms with Crippen molar-refractivity contribution in [3.8, 4) is 5.75 Å². The van der Waals surface area contributed by atoms with Crippen LogP contribution in [0.3, 0.4) is 0 Å². The predicted octanol–water partition coefficient (Wildman–Crippen LogP) is 3.10. The summed E-state index contributed by atoms with van der Waals surface area (Å²) in [5, 5.41) is 24.3. The van der Waals surface area contributed by atoms with E-state index in [2.05, 4.69) is 15.3 Å². The molecule has 3 aromatic rings. The van der Waals surface area contributed by atoms with Gasteiger partial charge in [-0.2, -0.15) is 0 Å². The van der Waals surface area contributed by atoms with Crippen molar-refractivity contribution in [1.82, 2.24) is 19.7 Å². The van der Waals surface area contributed by atoms with E-state index in [-0.39, 0.29) is 28.0 Å². The minimum Gasteiger partial charge on any atom is -0.490 e. The average molecular weight is 506 g/mol. The largest absolute Gasteiger partial charge is 0.490 e. The lowest BCUT2D eigenvalue weighted by Crippen LogP contribution is -2.40. The molecule has 1 saturated carbocycles. The molecule has 9 nitrogen and oxygen atoms in total. The summed E-state index contributed by atoms with van der Waals surface area (Å²) in [7, 11) is 0. The van der Waals surface area contributed by atoms with Crippen molar-refractivity contribution in [3.63, 3.8) is 0 Å². The summed E-state index contributed by atoms with van der Waals surface area (Å²) >= 11 is 6.23. The van der Waals surface area contributed by atoms with Crippen molar-refractivity contribution < 1.29 is 24.1 Å². The third kappa shape index (κ3) is 4.41. The summed E-state index contributed by atoms with van der Waals surface area (Å²) in [4.78, 5) is 21.9. The number of carbonyl (C=O) groups is 1. The second-order valence-electron chi connectivity index (χ2n) is 9.29. The van der Waals surface area contributed by atoms with Crippen LogP contribution in [-0.2, 0) is 5.60 Å². The summed E-state index contributed by atoms with van der Waals surface area (Å²) in [6.07, 6.45) is 3.72. The molecular weight excluding hydrogens is 477 g/mol. The topological polar surface area (TPSA) is 135 Å². The van der Waals surface area contributed by atoms with Gasteiger partial charge in [-0.25, -0.2) is 14.4 Å². The van der Waals surface area contributed by atoms with E-state index in [4.69, 9.17) is 22.1 Å². The Morgan fingerprint density at radius 3 is 2.77 bits per heavy atom. The van der Waals surface area contributed by atoms with Crippen LogP contribution < -0.4 is 15.8 Å². The van der Waals surface area contributed by atoms with Crippen molar-refractivity contribution in [3.05, 3.63) is 51.9 Å². The van der Waals surface area contributed by atoms with E-state index in [9.17, 15) is 15.0 Å². The van der Waals surface area contributed by atoms with E-state index in [1.807, 2.05) is 0 Å². The van der Waals surface area contributed by atoms with Gasteiger partial charge >= 0.3 is 0 Å². The number of aromatic nitrogens is 3. The number of nitrogens with one attached hydrogen (secondary N) is 1. The van der Waals surface area contributed by atoms with Gasteiger partial charge in [0.15, 0.2) is 5.82 Å². The maximum atomic E-state index is 15.4. The van der Waals surface area contributed by atoms with Crippen LogP contribution in [0.5, 0.6) is 5.75 Å². The minimum absolute atomic E-state index is 0.0528. The van der Waals surface area contributed by atoms with Crippen LogP contribution in [0.4, 0.5) is 10.2 Å². The smallest absolute Gasteiger partial charge is 0.258 e. The Balaban J connectivity index is 1.92. The van der Waals surface area contributed by atoms with Crippen molar-refractivity contribution in [2.24, 2.45) is 0 Å². The number of nitrogens with zero attached hydrogens (tertiary/aromatic N) is 3. The molecule has 5 N–H and O–H groups in total. The number of imidazole rings is 1. The first kappa shape index (κ1) is 25.2. The number of aliphatic hydroxyl groups is 2. The molecule has 0 spiro atoms. The summed E-state index contributed by atoms with van der Waals surface area (Å²) < 4.78 is 22.9. The van der Waals surface area contributed by atoms with Gasteiger partial charge in [0, 0.05) is 18.0 Å². The Bertz CT molecular complexity index is 1290. The SMILES string of the molecule is Cc1nc([C@@](C)(O)c2cc(Cl)c(F)c(C(=O)N[C@@H]3CCC[C@@H]3O)c2OC(C)C)n2ccnc(N)c12. The molecule has 188 valence electrons. The number of hydrogen-bond donors (Lipinski definition) is 4. The third-order valence-corrected chi connectivity index (χ3v) is 6.54. The first-order valence-electron chi connectivity index (χ1n) is 11.4. The van der Waals surface area contributed by atoms with Crippen LogP contribution in [0.25, 0.3) is 5.52 Å². The van der Waals surface area contributed by atoms with E-state index < -0.39 is 41.1 Å². The lowest BCUT2D eigenvalue weighted by molar-refractivity contribution is 0.0821. The Kier molecular flexibility index (Phi) is 6.65. The normalized spacial score (nSPS) is 19.8. The van der Waals surface area contributed by atoms with Gasteiger partial charge in [0.05, 0.1) is 29.0 Å². The monoisotopic (exact) mass is 505 g/mol. The van der Waals surface area contributed by atoms with E-state index in [1.165, 1.54) is 19.2 Å². The van der Waals surface area contributed by atoms with E-state index in [0.29, 0.717) is 24.1 Å². The van der Waals surface area contributed by atoms with Crippen molar-refractivity contribution in [2.75, 3.05) is 5.73 Å². The second kappa shape index (κ2) is 9.25. The highest BCUT2D eigenvalue weighted by Crippen LogP contribution is 2.42. The molecule has 0 aliphatic heterocycles. The fraction of sp³-hybridized carbons (Fsp3) is 0.458. The number of nitrogen functional groups attached to an aromatic ring is 1. The van der Waals surface area contributed by atoms with Gasteiger partial charge in [-0.3, -0.25) is 9.20 Å². The number of aliphatic hydroxyl groups excluding tert-OH is 1. The van der Waals surface area contributed by atoms with Gasteiger partial charge in [0.1, 0.15) is 34.1 Å². The lowest BCUT2D eigenvalue weighted by Gasteiger charge is -2.28. The van der Waals surface area contributed by atoms with Gasteiger partial charge in [-0.15, -0.1) is 0 Å². The molecule has 2 aromatic heterocycles. The van der Waals surface area contributed by atoms with Crippen molar-refractivity contribution in [1.29, 1.82) is 0 Å². The van der Waals surface area contributed by atoms with Gasteiger partial charge in [-0.05, 0) is 53.0 Å². The van der Waals surface area contributed by atoms with Crippen molar-refractivity contribution >= 4 is 28.8 Å². The molecule has 0 unspecified atom stereocenters. The van der Waals surface area contributed by atoms with E-state index >= 15 is 4.39 Å². The number of fused-ring (bicyclic) bond motifs is 1. The quantitative estimate of drug-likeness (QED) is 0.404. The molecule has 1 amide bonds. The highest BCUT2D eigenvalue weighted by molar-refractivity contribution is 6.31. The predicted molar refractivity (Wildman–Crippen MR) is 129 cm³/mol. The highest BCUT2D eigenvalue weighted by Gasteiger charge is 2.39. The molecule has 3 atom stereocenters. The third-order valence-electron chi connectivity index (χ3n) is 6.27. The first-order valence-corrected chi connectivity index (χ1v) is 11.8. The van der Waals surface area contributed by atoms with Crippen LogP contribution in [0.2, 0.25) is 5.02 Å². The maximum Gasteiger partial charge on any atom is 0.258 e. The van der Waals surface area contributed by atoms with Gasteiger partial charge in [-0.1, -0.05) is 11.6 Å². The number of aryl methyl sites for hydroxylation is 1. The van der Waals surface area contributed by atoms with Crippen LogP contribution >= 0.6 is 11.6 Å². The summed E-state index contributed by atoms with van der Waals surface area (Å²) in [5.41, 5.74) is 4.79. The lowest BCUT2D eigenvalue weighted by atomic mass is 9.91. The van der Waals surface area contributed by atoms with Crippen LogP contribution in [-0.4, -0.2) is 48.7 Å². The summed E-state index contributed by atoms with van der Waals surface area (Å²) in [6, 6.07) is 0.711. The molecule has 11 heteroatoms. The zero-order valence-electron chi connectivity index (χ0n) is 20.0. The van der Waals surface area contributed by atoms with E-state index in [0.717, 1.165) is 6.42 Å². The first-order chi connectivity index (χ1) is 16.4. The molecule has 0 saturated heterocycles. The van der Waals surface area contributed by atoms with Gasteiger partial charge in [0.2, 0.25) is 0 Å². The zero-order valence-corrected chi connectivity index (χ0v) is 20.7. The standard InChI is InChI=1S/C24H29ClFN5O4/c1-11(2)35-20-13(24(4,34)23-29-12(3)19-21(27)28-8-9-31(19)23)10-14(25)18(26)17(20)22(33)30-15-6-5-7-16(15)32/h8-11,15-16,32,34H,5-7H2,1-4H3,(H2,27,28)(H,30,33)/t15-,16+,24+/m1/s1. The fourth-order valence-electron chi connectivity index (χ4n) is 4.59. The summed E-state index contributed by atoms with van der Waals surface area (Å²) in [6.45, 7) is 6.61. The number of hydrogen-bond acceptors (Lipinski definition) is 7. The molecule has 35 heavy (non-hydrogen) atoms. The highest BCUT2D eigenvalue weighted by atomic mass is 35.5. The Morgan fingerprint density at radius 2 is 2.14 bits per heavy atom.